The van der Waals surface area contributed by atoms with E-state index in [0.717, 1.165) is 32.2 Å². The molecule has 0 aromatic heterocycles. The summed E-state index contributed by atoms with van der Waals surface area (Å²) >= 11 is 0. The average Bonchev–Trinajstić information content (AvgIpc) is 2.96. The number of ether oxygens (including phenoxy) is 3. The van der Waals surface area contributed by atoms with Gasteiger partial charge in [0, 0.05) is 42.7 Å². The lowest BCUT2D eigenvalue weighted by Crippen LogP contribution is -2.71. The van der Waals surface area contributed by atoms with Crippen molar-refractivity contribution in [3.8, 4) is 0 Å². The van der Waals surface area contributed by atoms with Crippen LogP contribution in [0.2, 0.25) is 0 Å². The van der Waals surface area contributed by atoms with E-state index in [1.807, 2.05) is 0 Å². The molecule has 3 aliphatic carbocycles. The molecular weight excluding hydrogens is 578 g/mol. The highest BCUT2D eigenvalue weighted by atomic mass is 16.7. The first kappa shape index (κ1) is 34.7. The zero-order chi connectivity index (χ0) is 31.9. The SMILES string of the molecule is NCC1CCC(NCC2CC(N)C2)C(C2C(N)CC(NC(O)C3(O)CC(N)C3)C(OC3OC(CO)C(O)C(N)C3O)C2O)O1. The van der Waals surface area contributed by atoms with Crippen molar-refractivity contribution in [2.75, 3.05) is 19.7 Å². The van der Waals surface area contributed by atoms with Crippen molar-refractivity contribution in [1.29, 1.82) is 0 Å². The quantitative estimate of drug-likeness (QED) is 0.0942. The lowest BCUT2D eigenvalue weighted by atomic mass is 9.71. The van der Waals surface area contributed by atoms with Gasteiger partial charge in [0.15, 0.2) is 6.29 Å². The maximum Gasteiger partial charge on any atom is 0.186 e. The molecule has 0 aromatic rings. The van der Waals surface area contributed by atoms with Crippen LogP contribution >= 0.6 is 0 Å². The van der Waals surface area contributed by atoms with Crippen LogP contribution in [0.3, 0.4) is 0 Å². The van der Waals surface area contributed by atoms with E-state index in [0.29, 0.717) is 12.5 Å². The largest absolute Gasteiger partial charge is 0.394 e. The molecule has 0 bridgehead atoms. The number of nitrogens with two attached hydrogens (primary N) is 5. The Balaban J connectivity index is 1.38. The van der Waals surface area contributed by atoms with E-state index in [9.17, 15) is 30.6 Å². The van der Waals surface area contributed by atoms with Gasteiger partial charge in [0.2, 0.25) is 0 Å². The molecular formula is C28H55N7O9. The molecule has 256 valence electrons. The maximum atomic E-state index is 12.0. The minimum Gasteiger partial charge on any atom is -0.394 e. The Kier molecular flexibility index (Phi) is 11.2. The van der Waals surface area contributed by atoms with Gasteiger partial charge in [-0.05, 0) is 57.4 Å². The molecule has 44 heavy (non-hydrogen) atoms. The molecule has 3 saturated carbocycles. The van der Waals surface area contributed by atoms with Crippen LogP contribution in [0.25, 0.3) is 0 Å². The second-order valence-corrected chi connectivity index (χ2v) is 13.9. The number of aliphatic hydroxyl groups excluding tert-OH is 5. The fourth-order valence-electron chi connectivity index (χ4n) is 7.82. The van der Waals surface area contributed by atoms with Crippen molar-refractivity contribution < 1.29 is 44.8 Å². The third-order valence-corrected chi connectivity index (χ3v) is 10.6. The van der Waals surface area contributed by atoms with E-state index < -0.39 is 85.4 Å². The molecule has 5 fully saturated rings. The van der Waals surface area contributed by atoms with Crippen LogP contribution in [0.4, 0.5) is 0 Å². The first-order valence-electron chi connectivity index (χ1n) is 16.1. The van der Waals surface area contributed by atoms with Crippen LogP contribution < -0.4 is 39.3 Å². The molecule has 0 amide bonds. The number of hydrogen-bond acceptors (Lipinski definition) is 16. The van der Waals surface area contributed by atoms with Gasteiger partial charge in [-0.1, -0.05) is 0 Å². The summed E-state index contributed by atoms with van der Waals surface area (Å²) < 4.78 is 18.4. The standard InChI is InChI=1S/C28H55N7O9/c29-8-14-1-2-16(34-9-11-3-12(30)4-11)24(42-14)19-15(32)5-17(35-27(40)28(41)6-13(31)7-28)25(22(19)38)44-26-23(39)20(33)21(37)18(10-36)43-26/h11-27,34-41H,1-10,29-33H2. The first-order chi connectivity index (χ1) is 20.8. The molecule has 0 radical (unpaired) electrons. The third-order valence-electron chi connectivity index (χ3n) is 10.6. The summed E-state index contributed by atoms with van der Waals surface area (Å²) in [6.07, 6.45) is -6.04. The minimum absolute atomic E-state index is 0.132. The van der Waals surface area contributed by atoms with E-state index in [2.05, 4.69) is 10.6 Å². The molecule has 14 unspecified atom stereocenters. The Morgan fingerprint density at radius 3 is 2.23 bits per heavy atom. The minimum atomic E-state index is -1.50. The Morgan fingerprint density at radius 1 is 0.909 bits per heavy atom. The highest BCUT2D eigenvalue weighted by Gasteiger charge is 2.55. The van der Waals surface area contributed by atoms with Crippen LogP contribution in [0, 0.1) is 11.8 Å². The van der Waals surface area contributed by atoms with Crippen molar-refractivity contribution in [2.45, 2.75) is 142 Å². The Labute approximate surface area is 257 Å². The molecule has 0 spiro atoms. The summed E-state index contributed by atoms with van der Waals surface area (Å²) in [6.45, 7) is 0.484. The van der Waals surface area contributed by atoms with Crippen LogP contribution in [-0.2, 0) is 14.2 Å². The van der Waals surface area contributed by atoms with Crippen LogP contribution in [0.5, 0.6) is 0 Å². The second kappa shape index (κ2) is 14.2. The van der Waals surface area contributed by atoms with Gasteiger partial charge in [-0.2, -0.15) is 0 Å². The van der Waals surface area contributed by atoms with Crippen molar-refractivity contribution in [3.63, 3.8) is 0 Å². The smallest absolute Gasteiger partial charge is 0.186 e. The van der Waals surface area contributed by atoms with Gasteiger partial charge >= 0.3 is 0 Å². The molecule has 16 nitrogen and oxygen atoms in total. The van der Waals surface area contributed by atoms with E-state index in [1.54, 1.807) is 0 Å². The van der Waals surface area contributed by atoms with Crippen LogP contribution in [-0.4, -0.2) is 147 Å². The molecule has 5 aliphatic rings. The summed E-state index contributed by atoms with van der Waals surface area (Å²) in [4.78, 5) is 0. The molecule has 5 rings (SSSR count). The van der Waals surface area contributed by atoms with Gasteiger partial charge in [0.25, 0.3) is 0 Å². The summed E-state index contributed by atoms with van der Waals surface area (Å²) in [5, 5.41) is 71.4. The average molecular weight is 634 g/mol. The monoisotopic (exact) mass is 633 g/mol. The van der Waals surface area contributed by atoms with Gasteiger partial charge in [0.1, 0.15) is 36.2 Å². The predicted molar refractivity (Wildman–Crippen MR) is 157 cm³/mol. The Morgan fingerprint density at radius 2 is 1.61 bits per heavy atom. The van der Waals surface area contributed by atoms with Gasteiger partial charge in [-0.25, -0.2) is 0 Å². The van der Waals surface area contributed by atoms with Crippen LogP contribution in [0.1, 0.15) is 44.9 Å². The molecule has 16 heteroatoms. The summed E-state index contributed by atoms with van der Waals surface area (Å²) in [7, 11) is 0. The number of rotatable bonds is 11. The first-order valence-corrected chi connectivity index (χ1v) is 16.1. The molecule has 0 aromatic carbocycles. The lowest BCUT2D eigenvalue weighted by Gasteiger charge is -2.53. The summed E-state index contributed by atoms with van der Waals surface area (Å²) in [5.74, 6) is -0.192. The van der Waals surface area contributed by atoms with E-state index >= 15 is 0 Å². The molecule has 2 aliphatic heterocycles. The predicted octanol–water partition coefficient (Wildman–Crippen LogP) is -5.82. The van der Waals surface area contributed by atoms with E-state index in [1.165, 1.54) is 0 Å². The summed E-state index contributed by atoms with van der Waals surface area (Å²) in [5.41, 5.74) is 29.2. The van der Waals surface area contributed by atoms with E-state index in [4.69, 9.17) is 42.9 Å². The van der Waals surface area contributed by atoms with Crippen molar-refractivity contribution in [3.05, 3.63) is 0 Å². The fraction of sp³-hybridized carbons (Fsp3) is 1.00. The van der Waals surface area contributed by atoms with E-state index in [-0.39, 0.29) is 43.5 Å². The lowest BCUT2D eigenvalue weighted by molar-refractivity contribution is -0.308. The maximum absolute atomic E-state index is 12.0. The number of nitrogens with one attached hydrogen (secondary N) is 2. The normalized spacial score (nSPS) is 52.2. The number of aliphatic hydroxyl groups is 6. The number of hydrogen-bond donors (Lipinski definition) is 13. The highest BCUT2D eigenvalue weighted by Crippen LogP contribution is 2.39. The Bertz CT molecular complexity index is 930. The topological polar surface area (TPSA) is 303 Å². The van der Waals surface area contributed by atoms with Gasteiger partial charge in [-0.15, -0.1) is 0 Å². The molecule has 2 saturated heterocycles. The molecule has 2 heterocycles. The van der Waals surface area contributed by atoms with Gasteiger partial charge in [-0.3, -0.25) is 5.32 Å². The zero-order valence-electron chi connectivity index (χ0n) is 25.2. The second-order valence-electron chi connectivity index (χ2n) is 13.9. The highest BCUT2D eigenvalue weighted by molar-refractivity contribution is 5.08. The van der Waals surface area contributed by atoms with Gasteiger partial charge in [0.05, 0.1) is 31.0 Å². The van der Waals surface area contributed by atoms with Gasteiger partial charge < -0.3 is 78.8 Å². The van der Waals surface area contributed by atoms with Crippen molar-refractivity contribution in [1.82, 2.24) is 10.6 Å². The van der Waals surface area contributed by atoms with Crippen molar-refractivity contribution in [2.24, 2.45) is 40.5 Å². The Hall–Kier alpha value is -0.640. The fourth-order valence-corrected chi connectivity index (χ4v) is 7.82. The van der Waals surface area contributed by atoms with Crippen molar-refractivity contribution >= 4 is 0 Å². The zero-order valence-corrected chi connectivity index (χ0v) is 25.2. The molecule has 14 atom stereocenters. The summed E-state index contributed by atoms with van der Waals surface area (Å²) in [6, 6.07) is -2.79. The van der Waals surface area contributed by atoms with Crippen LogP contribution in [0.15, 0.2) is 0 Å². The third kappa shape index (κ3) is 7.11. The molecule has 18 N–H and O–H groups in total.